The van der Waals surface area contributed by atoms with Gasteiger partial charge in [-0.3, -0.25) is 4.79 Å². The molecule has 0 spiro atoms. The number of rotatable bonds is 4. The van der Waals surface area contributed by atoms with Crippen LogP contribution >= 0.6 is 0 Å². The van der Waals surface area contributed by atoms with E-state index in [0.717, 1.165) is 11.4 Å². The third-order valence-corrected chi connectivity index (χ3v) is 3.13. The predicted octanol–water partition coefficient (Wildman–Crippen LogP) is 3.25. The maximum absolute atomic E-state index is 11.6. The summed E-state index contributed by atoms with van der Waals surface area (Å²) in [6.45, 7) is 3.79. The number of anilines is 2. The Hall–Kier alpha value is -1.51. The Kier molecular flexibility index (Phi) is 3.67. The zero-order valence-electron chi connectivity index (χ0n) is 10.5. The number of hydrogen-bond acceptors (Lipinski definition) is 2. The summed E-state index contributed by atoms with van der Waals surface area (Å²) in [5.74, 6) is 0.0732. The van der Waals surface area contributed by atoms with E-state index in [1.54, 1.807) is 0 Å². The highest BCUT2D eigenvalue weighted by molar-refractivity contribution is 5.92. The molecule has 0 unspecified atom stereocenters. The summed E-state index contributed by atoms with van der Waals surface area (Å²) in [6, 6.07) is 8.55. The molecule has 92 valence electrons. The largest absolute Gasteiger partial charge is 0.382 e. The molecule has 0 aliphatic heterocycles. The molecule has 3 nitrogen and oxygen atoms in total. The lowest BCUT2D eigenvalue weighted by atomic mass is 9.93. The van der Waals surface area contributed by atoms with Gasteiger partial charge in [-0.05, 0) is 37.5 Å². The lowest BCUT2D eigenvalue weighted by Gasteiger charge is -2.27. The molecular formula is C14H20N2O. The van der Waals surface area contributed by atoms with E-state index in [2.05, 4.69) is 10.6 Å². The summed E-state index contributed by atoms with van der Waals surface area (Å²) in [5, 5.41) is 6.38. The topological polar surface area (TPSA) is 41.1 Å². The van der Waals surface area contributed by atoms with Gasteiger partial charge in [-0.15, -0.1) is 0 Å². The van der Waals surface area contributed by atoms with Crippen molar-refractivity contribution >= 4 is 17.3 Å². The van der Waals surface area contributed by atoms with Crippen molar-refractivity contribution in [2.24, 2.45) is 5.92 Å². The van der Waals surface area contributed by atoms with Crippen molar-refractivity contribution < 1.29 is 4.79 Å². The fourth-order valence-corrected chi connectivity index (χ4v) is 1.76. The van der Waals surface area contributed by atoms with Crippen molar-refractivity contribution in [1.29, 1.82) is 0 Å². The molecule has 0 atom stereocenters. The van der Waals surface area contributed by atoms with Gasteiger partial charge in [-0.25, -0.2) is 0 Å². The SMILES string of the molecule is CC(C)C(=O)Nc1cccc(NC2CCC2)c1. The number of carbonyl (C=O) groups is 1. The minimum absolute atomic E-state index is 0.0123. The van der Waals surface area contributed by atoms with Gasteiger partial charge in [0.25, 0.3) is 0 Å². The Morgan fingerprint density at radius 1 is 1.29 bits per heavy atom. The Bertz CT molecular complexity index is 397. The zero-order valence-corrected chi connectivity index (χ0v) is 10.5. The first-order valence-corrected chi connectivity index (χ1v) is 6.32. The molecule has 1 aromatic carbocycles. The van der Waals surface area contributed by atoms with Crippen LogP contribution < -0.4 is 10.6 Å². The average Bonchev–Trinajstić information content (AvgIpc) is 2.24. The highest BCUT2D eigenvalue weighted by Gasteiger charge is 2.16. The van der Waals surface area contributed by atoms with Crippen LogP contribution in [-0.2, 0) is 4.79 Å². The number of hydrogen-bond donors (Lipinski definition) is 2. The van der Waals surface area contributed by atoms with E-state index in [-0.39, 0.29) is 11.8 Å². The summed E-state index contributed by atoms with van der Waals surface area (Å²) in [6.07, 6.45) is 3.83. The van der Waals surface area contributed by atoms with Gasteiger partial charge in [0.05, 0.1) is 0 Å². The molecule has 1 saturated carbocycles. The van der Waals surface area contributed by atoms with Gasteiger partial charge in [-0.2, -0.15) is 0 Å². The molecule has 1 fully saturated rings. The van der Waals surface area contributed by atoms with Gasteiger partial charge in [0.15, 0.2) is 0 Å². The van der Waals surface area contributed by atoms with Gasteiger partial charge in [0.1, 0.15) is 0 Å². The highest BCUT2D eigenvalue weighted by atomic mass is 16.1. The predicted molar refractivity (Wildman–Crippen MR) is 71.2 cm³/mol. The molecular weight excluding hydrogens is 212 g/mol. The number of carbonyl (C=O) groups excluding carboxylic acids is 1. The highest BCUT2D eigenvalue weighted by Crippen LogP contribution is 2.24. The Morgan fingerprint density at radius 3 is 2.59 bits per heavy atom. The Morgan fingerprint density at radius 2 is 2.00 bits per heavy atom. The molecule has 1 aliphatic rings. The monoisotopic (exact) mass is 232 g/mol. The van der Waals surface area contributed by atoms with Crippen molar-refractivity contribution in [3.8, 4) is 0 Å². The molecule has 1 amide bonds. The summed E-state index contributed by atoms with van der Waals surface area (Å²) < 4.78 is 0. The first-order chi connectivity index (χ1) is 8.15. The fraction of sp³-hybridized carbons (Fsp3) is 0.500. The third kappa shape index (κ3) is 3.22. The van der Waals surface area contributed by atoms with E-state index >= 15 is 0 Å². The van der Waals surface area contributed by atoms with Crippen molar-refractivity contribution in [1.82, 2.24) is 0 Å². The van der Waals surface area contributed by atoms with Gasteiger partial charge in [-0.1, -0.05) is 19.9 Å². The fourth-order valence-electron chi connectivity index (χ4n) is 1.76. The summed E-state index contributed by atoms with van der Waals surface area (Å²) >= 11 is 0. The van der Waals surface area contributed by atoms with Crippen molar-refractivity contribution in [2.45, 2.75) is 39.2 Å². The molecule has 2 N–H and O–H groups in total. The molecule has 0 saturated heterocycles. The van der Waals surface area contributed by atoms with Crippen LogP contribution in [-0.4, -0.2) is 11.9 Å². The van der Waals surface area contributed by atoms with Crippen LogP contribution in [0.2, 0.25) is 0 Å². The molecule has 1 aliphatic carbocycles. The molecule has 0 radical (unpaired) electrons. The minimum atomic E-state index is 0.0123. The summed E-state index contributed by atoms with van der Waals surface area (Å²) in [7, 11) is 0. The van der Waals surface area contributed by atoms with Crippen LogP contribution in [0.3, 0.4) is 0 Å². The van der Waals surface area contributed by atoms with E-state index in [9.17, 15) is 4.79 Å². The lowest BCUT2D eigenvalue weighted by Crippen LogP contribution is -2.27. The molecule has 17 heavy (non-hydrogen) atoms. The summed E-state index contributed by atoms with van der Waals surface area (Å²) in [4.78, 5) is 11.6. The van der Waals surface area contributed by atoms with Gasteiger partial charge in [0.2, 0.25) is 5.91 Å². The first-order valence-electron chi connectivity index (χ1n) is 6.32. The van der Waals surface area contributed by atoms with Crippen molar-refractivity contribution in [3.05, 3.63) is 24.3 Å². The third-order valence-electron chi connectivity index (χ3n) is 3.13. The zero-order chi connectivity index (χ0) is 12.3. The van der Waals surface area contributed by atoms with Gasteiger partial charge < -0.3 is 10.6 Å². The first kappa shape index (κ1) is 12.0. The normalized spacial score (nSPS) is 15.5. The van der Waals surface area contributed by atoms with Crippen LogP contribution in [0.25, 0.3) is 0 Å². The quantitative estimate of drug-likeness (QED) is 0.836. The van der Waals surface area contributed by atoms with E-state index < -0.39 is 0 Å². The molecule has 0 heterocycles. The second-order valence-electron chi connectivity index (χ2n) is 5.00. The van der Waals surface area contributed by atoms with Crippen LogP contribution in [0, 0.1) is 5.92 Å². The minimum Gasteiger partial charge on any atom is -0.382 e. The van der Waals surface area contributed by atoms with E-state index in [1.807, 2.05) is 38.1 Å². The van der Waals surface area contributed by atoms with Crippen LogP contribution in [0.1, 0.15) is 33.1 Å². The lowest BCUT2D eigenvalue weighted by molar-refractivity contribution is -0.118. The van der Waals surface area contributed by atoms with Gasteiger partial charge >= 0.3 is 0 Å². The van der Waals surface area contributed by atoms with E-state index in [4.69, 9.17) is 0 Å². The Balaban J connectivity index is 1.97. The van der Waals surface area contributed by atoms with Crippen LogP contribution in [0.5, 0.6) is 0 Å². The molecule has 0 aromatic heterocycles. The molecule has 0 bridgehead atoms. The number of benzene rings is 1. The second-order valence-corrected chi connectivity index (χ2v) is 5.00. The van der Waals surface area contributed by atoms with Crippen molar-refractivity contribution in [3.63, 3.8) is 0 Å². The molecule has 2 rings (SSSR count). The van der Waals surface area contributed by atoms with Gasteiger partial charge in [0, 0.05) is 23.3 Å². The maximum atomic E-state index is 11.6. The smallest absolute Gasteiger partial charge is 0.226 e. The summed E-state index contributed by atoms with van der Waals surface area (Å²) in [5.41, 5.74) is 1.96. The standard InChI is InChI=1S/C14H20N2O/c1-10(2)14(17)16-13-8-4-7-12(9-13)15-11-5-3-6-11/h4,7-11,15H,3,5-6H2,1-2H3,(H,16,17). The van der Waals surface area contributed by atoms with Crippen LogP contribution in [0.4, 0.5) is 11.4 Å². The average molecular weight is 232 g/mol. The second kappa shape index (κ2) is 5.21. The Labute approximate surface area is 103 Å². The number of nitrogens with one attached hydrogen (secondary N) is 2. The molecule has 1 aromatic rings. The van der Waals surface area contributed by atoms with E-state index in [0.29, 0.717) is 6.04 Å². The molecule has 3 heteroatoms. The maximum Gasteiger partial charge on any atom is 0.226 e. The number of amides is 1. The van der Waals surface area contributed by atoms with Crippen molar-refractivity contribution in [2.75, 3.05) is 10.6 Å². The van der Waals surface area contributed by atoms with Crippen LogP contribution in [0.15, 0.2) is 24.3 Å². The van der Waals surface area contributed by atoms with E-state index in [1.165, 1.54) is 19.3 Å².